The molecule has 0 saturated heterocycles. The number of nitrogens with zero attached hydrogens (tertiary/aromatic N) is 3. The van der Waals surface area contributed by atoms with Crippen molar-refractivity contribution in [2.24, 2.45) is 4.99 Å². The number of nitrogens with one attached hydrogen (secondary N) is 1. The summed E-state index contributed by atoms with van der Waals surface area (Å²) >= 11 is 0. The first-order chi connectivity index (χ1) is 12.5. The standard InChI is InChI=1S/C21H30N4O/c1-16-12-17(2)14-20(13-16)26-11-10-25(5)21(22-4)24-9-7-19-6-8-23-15-18(19)3/h6,8,12-15H,7,9-11H2,1-5H3,(H,22,24). The maximum Gasteiger partial charge on any atom is 0.193 e. The zero-order valence-electron chi connectivity index (χ0n) is 16.5. The number of likely N-dealkylation sites (N-methyl/N-ethyl adjacent to an activating group) is 1. The van der Waals surface area contributed by atoms with Crippen molar-refractivity contribution in [3.05, 3.63) is 58.9 Å². The van der Waals surface area contributed by atoms with E-state index in [9.17, 15) is 0 Å². The number of ether oxygens (including phenoxy) is 1. The first-order valence-electron chi connectivity index (χ1n) is 9.02. The van der Waals surface area contributed by atoms with E-state index in [2.05, 4.69) is 65.2 Å². The van der Waals surface area contributed by atoms with Gasteiger partial charge in [-0.05, 0) is 67.6 Å². The fourth-order valence-corrected chi connectivity index (χ4v) is 2.90. The van der Waals surface area contributed by atoms with Crippen LogP contribution in [-0.4, -0.2) is 49.6 Å². The van der Waals surface area contributed by atoms with Gasteiger partial charge in [-0.15, -0.1) is 0 Å². The molecule has 140 valence electrons. The number of benzene rings is 1. The van der Waals surface area contributed by atoms with Crippen molar-refractivity contribution in [3.63, 3.8) is 0 Å². The van der Waals surface area contributed by atoms with Crippen LogP contribution in [0.4, 0.5) is 0 Å². The van der Waals surface area contributed by atoms with Crippen molar-refractivity contribution in [1.29, 1.82) is 0 Å². The molecule has 0 atom stereocenters. The highest BCUT2D eigenvalue weighted by Gasteiger charge is 2.06. The minimum Gasteiger partial charge on any atom is -0.492 e. The molecule has 0 aliphatic heterocycles. The molecule has 1 aromatic carbocycles. The Hall–Kier alpha value is -2.56. The van der Waals surface area contributed by atoms with Crippen molar-refractivity contribution in [3.8, 4) is 5.75 Å². The molecule has 1 aromatic heterocycles. The molecule has 2 rings (SSSR count). The lowest BCUT2D eigenvalue weighted by Crippen LogP contribution is -2.41. The number of hydrogen-bond donors (Lipinski definition) is 1. The first kappa shape index (κ1) is 19.8. The summed E-state index contributed by atoms with van der Waals surface area (Å²) in [5.41, 5.74) is 4.97. The summed E-state index contributed by atoms with van der Waals surface area (Å²) in [6.45, 7) is 8.47. The number of hydrogen-bond acceptors (Lipinski definition) is 3. The normalized spacial score (nSPS) is 11.3. The highest BCUT2D eigenvalue weighted by molar-refractivity contribution is 5.79. The van der Waals surface area contributed by atoms with Gasteiger partial charge in [0.1, 0.15) is 12.4 Å². The third kappa shape index (κ3) is 6.06. The number of rotatable bonds is 7. The third-order valence-corrected chi connectivity index (χ3v) is 4.28. The first-order valence-corrected chi connectivity index (χ1v) is 9.02. The fraction of sp³-hybridized carbons (Fsp3) is 0.429. The van der Waals surface area contributed by atoms with Crippen LogP contribution in [0.5, 0.6) is 5.75 Å². The lowest BCUT2D eigenvalue weighted by Gasteiger charge is -2.22. The molecule has 26 heavy (non-hydrogen) atoms. The van der Waals surface area contributed by atoms with E-state index in [1.807, 2.05) is 19.4 Å². The van der Waals surface area contributed by atoms with Gasteiger partial charge in [0.15, 0.2) is 5.96 Å². The number of pyridine rings is 1. The van der Waals surface area contributed by atoms with Gasteiger partial charge in [0, 0.05) is 33.0 Å². The molecule has 0 spiro atoms. The van der Waals surface area contributed by atoms with Crippen LogP contribution in [0.3, 0.4) is 0 Å². The summed E-state index contributed by atoms with van der Waals surface area (Å²) in [5.74, 6) is 1.80. The van der Waals surface area contributed by atoms with Gasteiger partial charge < -0.3 is 15.0 Å². The molecule has 0 amide bonds. The van der Waals surface area contributed by atoms with Gasteiger partial charge in [0.05, 0.1) is 6.54 Å². The molecule has 0 bridgehead atoms. The second kappa shape index (κ2) is 9.80. The lowest BCUT2D eigenvalue weighted by atomic mass is 10.1. The predicted octanol–water partition coefficient (Wildman–Crippen LogP) is 3.14. The van der Waals surface area contributed by atoms with Crippen LogP contribution in [0.25, 0.3) is 0 Å². The molecule has 5 heteroatoms. The molecule has 1 N–H and O–H groups in total. The second-order valence-electron chi connectivity index (χ2n) is 6.62. The molecule has 5 nitrogen and oxygen atoms in total. The van der Waals surface area contributed by atoms with Crippen LogP contribution >= 0.6 is 0 Å². The van der Waals surface area contributed by atoms with Gasteiger partial charge >= 0.3 is 0 Å². The minimum atomic E-state index is 0.615. The maximum atomic E-state index is 5.89. The van der Waals surface area contributed by atoms with E-state index in [0.717, 1.165) is 31.2 Å². The SMILES string of the molecule is CN=C(NCCc1ccncc1C)N(C)CCOc1cc(C)cc(C)c1. The van der Waals surface area contributed by atoms with Gasteiger partial charge in [-0.25, -0.2) is 0 Å². The van der Waals surface area contributed by atoms with Crippen molar-refractivity contribution >= 4 is 5.96 Å². The van der Waals surface area contributed by atoms with E-state index in [1.165, 1.54) is 22.3 Å². The third-order valence-electron chi connectivity index (χ3n) is 4.28. The molecule has 0 aliphatic rings. The topological polar surface area (TPSA) is 49.8 Å². The zero-order valence-corrected chi connectivity index (χ0v) is 16.5. The smallest absolute Gasteiger partial charge is 0.193 e. The van der Waals surface area contributed by atoms with Gasteiger partial charge in [0.2, 0.25) is 0 Å². The Kier molecular flexibility index (Phi) is 7.45. The molecule has 0 saturated carbocycles. The molecule has 0 unspecified atom stereocenters. The summed E-state index contributed by atoms with van der Waals surface area (Å²) in [6, 6.07) is 8.35. The Morgan fingerprint density at radius 1 is 1.19 bits per heavy atom. The number of aliphatic imine (C=N–C) groups is 1. The average molecular weight is 354 g/mol. The molecule has 0 aliphatic carbocycles. The summed E-state index contributed by atoms with van der Waals surface area (Å²) in [6.07, 6.45) is 4.69. The summed E-state index contributed by atoms with van der Waals surface area (Å²) in [4.78, 5) is 10.6. The monoisotopic (exact) mass is 354 g/mol. The van der Waals surface area contributed by atoms with E-state index >= 15 is 0 Å². The van der Waals surface area contributed by atoms with Gasteiger partial charge in [-0.1, -0.05) is 6.07 Å². The Labute approximate surface area is 157 Å². The Bertz CT molecular complexity index is 722. The van der Waals surface area contributed by atoms with Gasteiger partial charge in [-0.2, -0.15) is 0 Å². The second-order valence-corrected chi connectivity index (χ2v) is 6.62. The van der Waals surface area contributed by atoms with Crippen molar-refractivity contribution in [2.75, 3.05) is 33.8 Å². The van der Waals surface area contributed by atoms with E-state index in [0.29, 0.717) is 6.61 Å². The summed E-state index contributed by atoms with van der Waals surface area (Å²) in [5, 5.41) is 3.41. The van der Waals surface area contributed by atoms with Crippen LogP contribution in [-0.2, 0) is 6.42 Å². The predicted molar refractivity (Wildman–Crippen MR) is 108 cm³/mol. The number of aromatic nitrogens is 1. The summed E-state index contributed by atoms with van der Waals surface area (Å²) < 4.78 is 5.89. The fourth-order valence-electron chi connectivity index (χ4n) is 2.90. The number of guanidine groups is 1. The molecule has 1 heterocycles. The lowest BCUT2D eigenvalue weighted by molar-refractivity contribution is 0.281. The highest BCUT2D eigenvalue weighted by atomic mass is 16.5. The van der Waals surface area contributed by atoms with E-state index in [-0.39, 0.29) is 0 Å². The van der Waals surface area contributed by atoms with Crippen LogP contribution < -0.4 is 10.1 Å². The zero-order chi connectivity index (χ0) is 18.9. The van der Waals surface area contributed by atoms with Crippen LogP contribution in [0, 0.1) is 20.8 Å². The quantitative estimate of drug-likeness (QED) is 0.613. The van der Waals surface area contributed by atoms with Crippen LogP contribution in [0.2, 0.25) is 0 Å². The van der Waals surface area contributed by atoms with Crippen LogP contribution in [0.1, 0.15) is 22.3 Å². The molecular formula is C21H30N4O. The van der Waals surface area contributed by atoms with Gasteiger partial charge in [0.25, 0.3) is 0 Å². The highest BCUT2D eigenvalue weighted by Crippen LogP contribution is 2.16. The molecule has 2 aromatic rings. The van der Waals surface area contributed by atoms with E-state index in [4.69, 9.17) is 4.74 Å². The largest absolute Gasteiger partial charge is 0.492 e. The van der Waals surface area contributed by atoms with Gasteiger partial charge in [-0.3, -0.25) is 9.98 Å². The average Bonchev–Trinajstić information content (AvgIpc) is 2.59. The maximum absolute atomic E-state index is 5.89. The van der Waals surface area contributed by atoms with Crippen molar-refractivity contribution in [2.45, 2.75) is 27.2 Å². The van der Waals surface area contributed by atoms with Crippen molar-refractivity contribution < 1.29 is 4.74 Å². The molecular weight excluding hydrogens is 324 g/mol. The Balaban J connectivity index is 1.77. The molecule has 0 fully saturated rings. The van der Waals surface area contributed by atoms with E-state index in [1.54, 1.807) is 7.05 Å². The minimum absolute atomic E-state index is 0.615. The van der Waals surface area contributed by atoms with E-state index < -0.39 is 0 Å². The van der Waals surface area contributed by atoms with Crippen LogP contribution in [0.15, 0.2) is 41.7 Å². The Morgan fingerprint density at radius 3 is 2.58 bits per heavy atom. The van der Waals surface area contributed by atoms with Crippen molar-refractivity contribution in [1.82, 2.24) is 15.2 Å². The summed E-state index contributed by atoms with van der Waals surface area (Å²) in [7, 11) is 3.83. The molecule has 0 radical (unpaired) electrons. The number of aryl methyl sites for hydroxylation is 3. The Morgan fingerprint density at radius 2 is 1.92 bits per heavy atom.